The quantitative estimate of drug-likeness (QED) is 0.613. The normalized spacial score (nSPS) is 16.8. The van der Waals surface area contributed by atoms with Gasteiger partial charge in [-0.1, -0.05) is 18.2 Å². The van der Waals surface area contributed by atoms with Crippen molar-refractivity contribution in [3.8, 4) is 5.75 Å². The first-order valence-electron chi connectivity index (χ1n) is 9.53. The molecule has 1 aromatic heterocycles. The van der Waals surface area contributed by atoms with Gasteiger partial charge in [0, 0.05) is 41.7 Å². The highest BCUT2D eigenvalue weighted by Gasteiger charge is 2.36. The molecule has 3 aromatic rings. The number of halogens is 1. The van der Waals surface area contributed by atoms with E-state index in [0.29, 0.717) is 54.7 Å². The molecule has 0 radical (unpaired) electrons. The molecule has 0 atom stereocenters. The Balaban J connectivity index is 1.57. The predicted molar refractivity (Wildman–Crippen MR) is 107 cm³/mol. The zero-order chi connectivity index (χ0) is 20.6. The number of para-hydroxylation sites is 1. The molecule has 1 saturated heterocycles. The first-order valence-corrected chi connectivity index (χ1v) is 9.53. The molecule has 7 heteroatoms. The number of methoxy groups -OCH3 is 1. The summed E-state index contributed by atoms with van der Waals surface area (Å²) in [6, 6.07) is 11.7. The van der Waals surface area contributed by atoms with Crippen LogP contribution in [-0.2, 0) is 12.1 Å². The van der Waals surface area contributed by atoms with Gasteiger partial charge in [-0.25, -0.2) is 9.18 Å². The van der Waals surface area contributed by atoms with E-state index in [4.69, 9.17) is 4.74 Å². The van der Waals surface area contributed by atoms with Crippen LogP contribution in [0.25, 0.3) is 10.9 Å². The van der Waals surface area contributed by atoms with Crippen molar-refractivity contribution in [2.24, 2.45) is 0 Å². The smallest absolute Gasteiger partial charge is 0.352 e. The second-order valence-corrected chi connectivity index (χ2v) is 7.48. The lowest BCUT2D eigenvalue weighted by atomic mass is 9.83. The molecule has 6 nitrogen and oxygen atoms in total. The number of aromatic carboxylic acids is 1. The van der Waals surface area contributed by atoms with Gasteiger partial charge in [-0.05, 0) is 37.1 Å². The predicted octanol–water partition coefficient (Wildman–Crippen LogP) is 3.50. The van der Waals surface area contributed by atoms with Crippen LogP contribution in [0.4, 0.5) is 4.39 Å². The van der Waals surface area contributed by atoms with Crippen LogP contribution < -0.4 is 4.74 Å². The number of nitrogens with zero attached hydrogens (tertiary/aromatic N) is 1. The van der Waals surface area contributed by atoms with Crippen LogP contribution in [0.5, 0.6) is 5.75 Å². The number of piperidine rings is 1. The summed E-state index contributed by atoms with van der Waals surface area (Å²) in [5, 5.41) is 21.3. The minimum atomic E-state index is -1.07. The number of carboxylic acids is 1. The molecule has 29 heavy (non-hydrogen) atoms. The van der Waals surface area contributed by atoms with Gasteiger partial charge < -0.3 is 19.9 Å². The Kier molecular flexibility index (Phi) is 5.02. The van der Waals surface area contributed by atoms with Crippen molar-refractivity contribution in [3.63, 3.8) is 0 Å². The van der Waals surface area contributed by atoms with Gasteiger partial charge in [-0.3, -0.25) is 4.90 Å². The van der Waals surface area contributed by atoms with E-state index < -0.39 is 17.4 Å². The number of benzene rings is 2. The van der Waals surface area contributed by atoms with Gasteiger partial charge in [0.2, 0.25) is 0 Å². The standard InChI is InChI=1S/C22H23FN2O4/c1-29-19-5-3-2-4-17(19)22(28)8-10-25(11-9-22)13-16-15-12-14(23)6-7-18(15)24-20(16)21(26)27/h2-7,12,24,28H,8-11,13H2,1H3,(H,26,27). The van der Waals surface area contributed by atoms with Crippen LogP contribution >= 0.6 is 0 Å². The van der Waals surface area contributed by atoms with E-state index in [2.05, 4.69) is 9.88 Å². The van der Waals surface area contributed by atoms with E-state index in [1.165, 1.54) is 12.1 Å². The summed E-state index contributed by atoms with van der Waals surface area (Å²) in [4.78, 5) is 16.6. The average Bonchev–Trinajstić information content (AvgIpc) is 3.07. The van der Waals surface area contributed by atoms with Crippen molar-refractivity contribution in [1.29, 1.82) is 0 Å². The Morgan fingerprint density at radius 1 is 1.24 bits per heavy atom. The molecule has 0 unspecified atom stereocenters. The highest BCUT2D eigenvalue weighted by atomic mass is 19.1. The third-order valence-corrected chi connectivity index (χ3v) is 5.76. The summed E-state index contributed by atoms with van der Waals surface area (Å²) in [5.41, 5.74) is 1.01. The summed E-state index contributed by atoms with van der Waals surface area (Å²) < 4.78 is 19.1. The number of H-pyrrole nitrogens is 1. The maximum Gasteiger partial charge on any atom is 0.352 e. The van der Waals surface area contributed by atoms with E-state index in [1.807, 2.05) is 24.3 Å². The molecule has 3 N–H and O–H groups in total. The first kappa shape index (κ1) is 19.4. The molecule has 4 rings (SSSR count). The number of aromatic nitrogens is 1. The number of ether oxygens (including phenoxy) is 1. The number of carboxylic acid groups (broad SMARTS) is 1. The summed E-state index contributed by atoms with van der Waals surface area (Å²) in [6.07, 6.45) is 0.985. The van der Waals surface area contributed by atoms with Crippen LogP contribution in [0.1, 0.15) is 34.5 Å². The van der Waals surface area contributed by atoms with Crippen LogP contribution in [0, 0.1) is 5.82 Å². The van der Waals surface area contributed by atoms with Crippen LogP contribution in [0.15, 0.2) is 42.5 Å². The molecule has 1 aliphatic heterocycles. The number of nitrogens with one attached hydrogen (secondary N) is 1. The fraction of sp³-hybridized carbons (Fsp3) is 0.318. The number of carbonyl (C=O) groups is 1. The second-order valence-electron chi connectivity index (χ2n) is 7.48. The maximum atomic E-state index is 13.7. The zero-order valence-electron chi connectivity index (χ0n) is 16.1. The van der Waals surface area contributed by atoms with E-state index in [-0.39, 0.29) is 5.69 Å². The number of hydrogen-bond acceptors (Lipinski definition) is 4. The zero-order valence-corrected chi connectivity index (χ0v) is 16.1. The Hall–Kier alpha value is -2.90. The topological polar surface area (TPSA) is 85.8 Å². The lowest BCUT2D eigenvalue weighted by Gasteiger charge is -2.39. The van der Waals surface area contributed by atoms with Crippen LogP contribution in [-0.4, -0.2) is 46.3 Å². The third-order valence-electron chi connectivity index (χ3n) is 5.76. The van der Waals surface area contributed by atoms with Gasteiger partial charge in [-0.15, -0.1) is 0 Å². The van der Waals surface area contributed by atoms with Crippen molar-refractivity contribution < 1.29 is 24.1 Å². The largest absolute Gasteiger partial charge is 0.496 e. The van der Waals surface area contributed by atoms with Crippen LogP contribution in [0.2, 0.25) is 0 Å². The number of likely N-dealkylation sites (tertiary alicyclic amines) is 1. The molecule has 2 aromatic carbocycles. The summed E-state index contributed by atoms with van der Waals surface area (Å²) >= 11 is 0. The van der Waals surface area contributed by atoms with Gasteiger partial charge in [0.05, 0.1) is 12.7 Å². The van der Waals surface area contributed by atoms with Crippen molar-refractivity contribution in [1.82, 2.24) is 9.88 Å². The molecular weight excluding hydrogens is 375 g/mol. The van der Waals surface area contributed by atoms with Crippen molar-refractivity contribution >= 4 is 16.9 Å². The molecule has 152 valence electrons. The maximum absolute atomic E-state index is 13.7. The number of aliphatic hydroxyl groups is 1. The minimum Gasteiger partial charge on any atom is -0.496 e. The third kappa shape index (κ3) is 3.59. The Bertz CT molecular complexity index is 1050. The second kappa shape index (κ2) is 7.50. The SMILES string of the molecule is COc1ccccc1C1(O)CCN(Cc2c(C(=O)O)[nH]c3ccc(F)cc23)CC1. The van der Waals surface area contributed by atoms with E-state index in [9.17, 15) is 19.4 Å². The lowest BCUT2D eigenvalue weighted by molar-refractivity contribution is -0.0292. The number of fused-ring (bicyclic) bond motifs is 1. The molecule has 0 saturated carbocycles. The Labute approximate surface area is 167 Å². The molecule has 0 amide bonds. The van der Waals surface area contributed by atoms with Gasteiger partial charge in [0.25, 0.3) is 0 Å². The lowest BCUT2D eigenvalue weighted by Crippen LogP contribution is -2.42. The van der Waals surface area contributed by atoms with Gasteiger partial charge >= 0.3 is 5.97 Å². The highest BCUT2D eigenvalue weighted by molar-refractivity contribution is 5.97. The molecular formula is C22H23FN2O4. The number of aromatic amines is 1. The molecule has 2 heterocycles. The number of rotatable bonds is 5. The van der Waals surface area contributed by atoms with Crippen molar-refractivity contribution in [3.05, 3.63) is 65.1 Å². The molecule has 0 aliphatic carbocycles. The van der Waals surface area contributed by atoms with Gasteiger partial charge in [-0.2, -0.15) is 0 Å². The minimum absolute atomic E-state index is 0.0798. The fourth-order valence-electron chi connectivity index (χ4n) is 4.17. The first-order chi connectivity index (χ1) is 13.9. The van der Waals surface area contributed by atoms with E-state index in [1.54, 1.807) is 13.2 Å². The Morgan fingerprint density at radius 2 is 1.97 bits per heavy atom. The van der Waals surface area contributed by atoms with Gasteiger partial charge in [0.15, 0.2) is 0 Å². The van der Waals surface area contributed by atoms with Crippen molar-refractivity contribution in [2.75, 3.05) is 20.2 Å². The Morgan fingerprint density at radius 3 is 2.66 bits per heavy atom. The van der Waals surface area contributed by atoms with Crippen molar-refractivity contribution in [2.45, 2.75) is 25.0 Å². The monoisotopic (exact) mass is 398 g/mol. The fourth-order valence-corrected chi connectivity index (χ4v) is 4.17. The van der Waals surface area contributed by atoms with Crippen LogP contribution in [0.3, 0.4) is 0 Å². The molecule has 1 fully saturated rings. The molecule has 0 bridgehead atoms. The molecule has 0 spiro atoms. The molecule has 1 aliphatic rings. The average molecular weight is 398 g/mol. The number of hydrogen-bond donors (Lipinski definition) is 3. The van der Waals surface area contributed by atoms with Gasteiger partial charge in [0.1, 0.15) is 17.3 Å². The van der Waals surface area contributed by atoms with E-state index in [0.717, 1.165) is 5.56 Å². The highest BCUT2D eigenvalue weighted by Crippen LogP contribution is 2.38. The summed E-state index contributed by atoms with van der Waals surface area (Å²) in [7, 11) is 1.58. The summed E-state index contributed by atoms with van der Waals surface area (Å²) in [6.45, 7) is 1.53. The summed E-state index contributed by atoms with van der Waals surface area (Å²) in [5.74, 6) is -0.818. The van der Waals surface area contributed by atoms with E-state index >= 15 is 0 Å².